The van der Waals surface area contributed by atoms with Crippen molar-refractivity contribution in [1.82, 2.24) is 0 Å². The van der Waals surface area contributed by atoms with Gasteiger partial charge in [0.1, 0.15) is 5.84 Å². The number of hydrogen-bond donors (Lipinski definition) is 2. The number of likely N-dealkylation sites (N-methyl/N-ethyl adjacent to an activating group) is 1. The minimum Gasteiger partial charge on any atom is -0.409 e. The van der Waals surface area contributed by atoms with Gasteiger partial charge in [0.2, 0.25) is 0 Å². The summed E-state index contributed by atoms with van der Waals surface area (Å²) in [6.07, 6.45) is 0.564. The van der Waals surface area contributed by atoms with Crippen molar-refractivity contribution >= 4 is 17.2 Å². The first-order valence-electron chi connectivity index (χ1n) is 6.16. The van der Waals surface area contributed by atoms with Crippen LogP contribution in [0.5, 0.6) is 0 Å². The maximum absolute atomic E-state index is 8.66. The molecular formula is C13H20N4O. The molecule has 2 rings (SSSR count). The first kappa shape index (κ1) is 12.5. The molecule has 5 nitrogen and oxygen atoms in total. The van der Waals surface area contributed by atoms with E-state index in [0.29, 0.717) is 6.42 Å². The lowest BCUT2D eigenvalue weighted by atomic mass is 10.1. The van der Waals surface area contributed by atoms with Crippen molar-refractivity contribution in [2.24, 2.45) is 10.9 Å². The molecule has 0 radical (unpaired) electrons. The average Bonchev–Trinajstić information content (AvgIpc) is 2.39. The number of nitrogens with zero attached hydrogens (tertiary/aromatic N) is 3. The Hall–Kier alpha value is -1.91. The molecule has 1 atom stereocenters. The number of rotatable bonds is 3. The van der Waals surface area contributed by atoms with Crippen LogP contribution in [0.25, 0.3) is 0 Å². The molecule has 5 heteroatoms. The van der Waals surface area contributed by atoms with Crippen molar-refractivity contribution in [2.45, 2.75) is 19.4 Å². The van der Waals surface area contributed by atoms with Gasteiger partial charge in [-0.05, 0) is 19.1 Å². The van der Waals surface area contributed by atoms with Gasteiger partial charge in [-0.15, -0.1) is 0 Å². The van der Waals surface area contributed by atoms with Crippen LogP contribution in [0.2, 0.25) is 0 Å². The van der Waals surface area contributed by atoms with Crippen LogP contribution in [0.15, 0.2) is 29.4 Å². The Labute approximate surface area is 107 Å². The summed E-state index contributed by atoms with van der Waals surface area (Å²) in [6.45, 7) is 4.03. The van der Waals surface area contributed by atoms with Gasteiger partial charge < -0.3 is 20.7 Å². The monoisotopic (exact) mass is 248 g/mol. The lowest BCUT2D eigenvalue weighted by Crippen LogP contribution is -2.45. The summed E-state index contributed by atoms with van der Waals surface area (Å²) >= 11 is 0. The third-order valence-electron chi connectivity index (χ3n) is 3.44. The molecule has 1 unspecified atom stereocenters. The number of amidine groups is 1. The van der Waals surface area contributed by atoms with Crippen LogP contribution in [-0.2, 0) is 0 Å². The Balaban J connectivity index is 2.23. The highest BCUT2D eigenvalue weighted by Gasteiger charge is 2.24. The predicted octanol–water partition coefficient (Wildman–Crippen LogP) is 1.47. The highest BCUT2D eigenvalue weighted by atomic mass is 16.4. The summed E-state index contributed by atoms with van der Waals surface area (Å²) < 4.78 is 0. The SMILES string of the molecule is CC(CC(N)=NO)N1CCN(C)c2ccccc21. The quantitative estimate of drug-likeness (QED) is 0.368. The highest BCUT2D eigenvalue weighted by Crippen LogP contribution is 2.33. The van der Waals surface area contributed by atoms with Gasteiger partial charge in [0.25, 0.3) is 0 Å². The molecule has 0 aromatic heterocycles. The predicted molar refractivity (Wildman–Crippen MR) is 74.5 cm³/mol. The van der Waals surface area contributed by atoms with Crippen molar-refractivity contribution in [3.05, 3.63) is 24.3 Å². The molecule has 0 spiro atoms. The van der Waals surface area contributed by atoms with Crippen molar-refractivity contribution in [2.75, 3.05) is 29.9 Å². The Morgan fingerprint density at radius 2 is 2.06 bits per heavy atom. The normalized spacial score (nSPS) is 17.6. The Morgan fingerprint density at radius 1 is 1.39 bits per heavy atom. The van der Waals surface area contributed by atoms with Crippen LogP contribution >= 0.6 is 0 Å². The number of nitrogens with two attached hydrogens (primary N) is 1. The lowest BCUT2D eigenvalue weighted by molar-refractivity contribution is 0.316. The number of para-hydroxylation sites is 2. The van der Waals surface area contributed by atoms with Gasteiger partial charge in [-0.2, -0.15) is 0 Å². The number of hydrogen-bond acceptors (Lipinski definition) is 4. The molecule has 0 aliphatic carbocycles. The minimum absolute atomic E-state index is 0.218. The number of fused-ring (bicyclic) bond motifs is 1. The van der Waals surface area contributed by atoms with Gasteiger partial charge in [-0.1, -0.05) is 17.3 Å². The Kier molecular flexibility index (Phi) is 3.60. The van der Waals surface area contributed by atoms with E-state index in [0.717, 1.165) is 13.1 Å². The van der Waals surface area contributed by atoms with Gasteiger partial charge in [0.15, 0.2) is 0 Å². The van der Waals surface area contributed by atoms with E-state index in [1.807, 2.05) is 12.1 Å². The summed E-state index contributed by atoms with van der Waals surface area (Å²) in [5, 5.41) is 11.7. The molecule has 0 fully saturated rings. The van der Waals surface area contributed by atoms with Gasteiger partial charge in [-0.25, -0.2) is 0 Å². The number of anilines is 2. The first-order valence-corrected chi connectivity index (χ1v) is 6.16. The van der Waals surface area contributed by atoms with E-state index in [1.165, 1.54) is 11.4 Å². The maximum Gasteiger partial charge on any atom is 0.141 e. The second kappa shape index (κ2) is 5.16. The lowest BCUT2D eigenvalue weighted by Gasteiger charge is -2.40. The van der Waals surface area contributed by atoms with E-state index in [2.05, 4.69) is 41.1 Å². The molecule has 0 bridgehead atoms. The highest BCUT2D eigenvalue weighted by molar-refractivity contribution is 5.81. The molecule has 1 heterocycles. The summed E-state index contributed by atoms with van der Waals surface area (Å²) in [4.78, 5) is 4.56. The molecule has 0 saturated heterocycles. The van der Waals surface area contributed by atoms with E-state index >= 15 is 0 Å². The van der Waals surface area contributed by atoms with Crippen LogP contribution < -0.4 is 15.5 Å². The zero-order valence-electron chi connectivity index (χ0n) is 10.9. The van der Waals surface area contributed by atoms with Crippen LogP contribution in [0.1, 0.15) is 13.3 Å². The number of benzene rings is 1. The fourth-order valence-corrected chi connectivity index (χ4v) is 2.44. The molecule has 1 aliphatic heterocycles. The molecule has 1 aromatic carbocycles. The molecule has 0 amide bonds. The van der Waals surface area contributed by atoms with Crippen molar-refractivity contribution < 1.29 is 5.21 Å². The molecule has 0 saturated carbocycles. The second-order valence-electron chi connectivity index (χ2n) is 4.75. The Bertz CT molecular complexity index is 446. The van der Waals surface area contributed by atoms with E-state index in [1.54, 1.807) is 0 Å². The summed E-state index contributed by atoms with van der Waals surface area (Å²) in [6, 6.07) is 8.55. The zero-order valence-corrected chi connectivity index (χ0v) is 10.9. The smallest absolute Gasteiger partial charge is 0.141 e. The largest absolute Gasteiger partial charge is 0.409 e. The van der Waals surface area contributed by atoms with Gasteiger partial charge in [0.05, 0.1) is 11.4 Å². The van der Waals surface area contributed by atoms with Gasteiger partial charge >= 0.3 is 0 Å². The van der Waals surface area contributed by atoms with Crippen molar-refractivity contribution in [3.8, 4) is 0 Å². The molecule has 1 aromatic rings. The fourth-order valence-electron chi connectivity index (χ4n) is 2.44. The van der Waals surface area contributed by atoms with Crippen LogP contribution in [0.4, 0.5) is 11.4 Å². The number of oxime groups is 1. The summed E-state index contributed by atoms with van der Waals surface area (Å²) in [5.74, 6) is 0.277. The third kappa shape index (κ3) is 2.34. The van der Waals surface area contributed by atoms with Crippen molar-refractivity contribution in [3.63, 3.8) is 0 Å². The maximum atomic E-state index is 8.66. The van der Waals surface area contributed by atoms with E-state index in [-0.39, 0.29) is 11.9 Å². The first-order chi connectivity index (χ1) is 8.63. The van der Waals surface area contributed by atoms with Crippen LogP contribution in [0.3, 0.4) is 0 Å². The minimum atomic E-state index is 0.218. The molecule has 98 valence electrons. The van der Waals surface area contributed by atoms with Gasteiger partial charge in [0, 0.05) is 32.6 Å². The molecular weight excluding hydrogens is 228 g/mol. The van der Waals surface area contributed by atoms with E-state index in [9.17, 15) is 0 Å². The third-order valence-corrected chi connectivity index (χ3v) is 3.44. The fraction of sp³-hybridized carbons (Fsp3) is 0.462. The molecule has 1 aliphatic rings. The van der Waals surface area contributed by atoms with E-state index in [4.69, 9.17) is 10.9 Å². The molecule has 3 N–H and O–H groups in total. The van der Waals surface area contributed by atoms with Crippen molar-refractivity contribution in [1.29, 1.82) is 0 Å². The molecule has 18 heavy (non-hydrogen) atoms. The second-order valence-corrected chi connectivity index (χ2v) is 4.75. The van der Waals surface area contributed by atoms with Crippen LogP contribution in [-0.4, -0.2) is 37.2 Å². The topological polar surface area (TPSA) is 65.1 Å². The Morgan fingerprint density at radius 3 is 2.72 bits per heavy atom. The summed E-state index contributed by atoms with van der Waals surface area (Å²) in [7, 11) is 2.10. The van der Waals surface area contributed by atoms with Gasteiger partial charge in [-0.3, -0.25) is 0 Å². The standard InChI is InChI=1S/C13H20N4O/c1-10(9-13(14)15-18)17-8-7-16(2)11-5-3-4-6-12(11)17/h3-6,10,18H,7-9H2,1-2H3,(H2,14,15). The zero-order chi connectivity index (χ0) is 13.1. The average molecular weight is 248 g/mol. The van der Waals surface area contributed by atoms with Crippen LogP contribution in [0, 0.1) is 0 Å². The summed E-state index contributed by atoms with van der Waals surface area (Å²) in [5.41, 5.74) is 8.03. The van der Waals surface area contributed by atoms with E-state index < -0.39 is 0 Å².